The molecule has 0 saturated carbocycles. The van der Waals surface area contributed by atoms with Crippen LogP contribution < -0.4 is 10.1 Å². The lowest BCUT2D eigenvalue weighted by atomic mass is 10.2. The van der Waals surface area contributed by atoms with Crippen LogP contribution in [0.3, 0.4) is 0 Å². The molecule has 1 fully saturated rings. The molecule has 1 aliphatic heterocycles. The number of carbonyl (C=O) groups excluding carboxylic acids is 2. The number of esters is 1. The number of hydrogen-bond donors (Lipinski definition) is 1. The van der Waals surface area contributed by atoms with Crippen LogP contribution in [0.2, 0.25) is 0 Å². The quantitative estimate of drug-likeness (QED) is 0.706. The lowest BCUT2D eigenvalue weighted by molar-refractivity contribution is -0.124. The number of hydrogen-bond acceptors (Lipinski definition) is 7. The molecule has 2 aromatic rings. The van der Waals surface area contributed by atoms with Gasteiger partial charge in [0.2, 0.25) is 5.76 Å². The first kappa shape index (κ1) is 19.0. The van der Waals surface area contributed by atoms with Crippen molar-refractivity contribution in [3.8, 4) is 5.75 Å². The third-order valence-electron chi connectivity index (χ3n) is 3.92. The highest BCUT2D eigenvalue weighted by Crippen LogP contribution is 2.15. The van der Waals surface area contributed by atoms with Crippen molar-refractivity contribution >= 4 is 21.7 Å². The van der Waals surface area contributed by atoms with Gasteiger partial charge in [0, 0.05) is 6.04 Å². The minimum atomic E-state index is -3.09. The molecule has 0 unspecified atom stereocenters. The number of ether oxygens (including phenoxy) is 2. The van der Waals surface area contributed by atoms with E-state index in [-0.39, 0.29) is 23.9 Å². The van der Waals surface area contributed by atoms with Crippen LogP contribution in [0.25, 0.3) is 0 Å². The van der Waals surface area contributed by atoms with Crippen molar-refractivity contribution in [1.82, 2.24) is 5.32 Å². The summed E-state index contributed by atoms with van der Waals surface area (Å²) in [6, 6.07) is 11.7. The lowest BCUT2D eigenvalue weighted by Crippen LogP contribution is -2.38. The van der Waals surface area contributed by atoms with Gasteiger partial charge in [0.25, 0.3) is 5.91 Å². The number of benzene rings is 1. The van der Waals surface area contributed by atoms with E-state index in [2.05, 4.69) is 5.32 Å². The summed E-state index contributed by atoms with van der Waals surface area (Å²) >= 11 is 0. The predicted octanol–water partition coefficient (Wildman–Crippen LogP) is 1.32. The Morgan fingerprint density at radius 1 is 1.15 bits per heavy atom. The molecule has 1 atom stereocenters. The summed E-state index contributed by atoms with van der Waals surface area (Å²) in [6.07, 6.45) is 0.366. The van der Waals surface area contributed by atoms with E-state index in [9.17, 15) is 18.0 Å². The zero-order valence-corrected chi connectivity index (χ0v) is 15.2. The smallest absolute Gasteiger partial charge is 0.374 e. The van der Waals surface area contributed by atoms with Crippen LogP contribution >= 0.6 is 0 Å². The van der Waals surface area contributed by atoms with E-state index in [1.807, 2.05) is 18.2 Å². The predicted molar refractivity (Wildman–Crippen MR) is 95.0 cm³/mol. The standard InChI is InChI=1S/C18H19NO7S/c20-17(19-13-8-9-27(22,23)12-13)11-25-18(21)16-7-6-15(26-16)10-24-14-4-2-1-3-5-14/h1-7,13H,8-12H2,(H,19,20)/t13-/m0/s1. The average molecular weight is 393 g/mol. The van der Waals surface area contributed by atoms with E-state index in [1.54, 1.807) is 18.2 Å². The van der Waals surface area contributed by atoms with Crippen LogP contribution in [-0.2, 0) is 26.0 Å². The fourth-order valence-corrected chi connectivity index (χ4v) is 4.29. The molecule has 1 saturated heterocycles. The summed E-state index contributed by atoms with van der Waals surface area (Å²) in [5.41, 5.74) is 0. The van der Waals surface area contributed by atoms with E-state index < -0.39 is 34.4 Å². The SMILES string of the molecule is O=C(COC(=O)c1ccc(COc2ccccc2)o1)N[C@H]1CCS(=O)(=O)C1. The van der Waals surface area contributed by atoms with Crippen molar-refractivity contribution in [2.45, 2.75) is 19.1 Å². The number of nitrogens with one attached hydrogen (secondary N) is 1. The summed E-state index contributed by atoms with van der Waals surface area (Å²) in [5.74, 6) is -0.305. The summed E-state index contributed by atoms with van der Waals surface area (Å²) in [5, 5.41) is 2.54. The molecule has 1 N–H and O–H groups in total. The highest BCUT2D eigenvalue weighted by atomic mass is 32.2. The molecule has 2 heterocycles. The van der Waals surface area contributed by atoms with Gasteiger partial charge < -0.3 is 19.2 Å². The van der Waals surface area contributed by atoms with Crippen LogP contribution in [0.5, 0.6) is 5.75 Å². The van der Waals surface area contributed by atoms with Gasteiger partial charge in [-0.05, 0) is 30.7 Å². The van der Waals surface area contributed by atoms with Gasteiger partial charge >= 0.3 is 5.97 Å². The number of para-hydroxylation sites is 1. The van der Waals surface area contributed by atoms with Crippen LogP contribution in [-0.4, -0.2) is 44.4 Å². The maximum absolute atomic E-state index is 11.9. The Kier molecular flexibility index (Phi) is 5.80. The van der Waals surface area contributed by atoms with Crippen molar-refractivity contribution in [2.75, 3.05) is 18.1 Å². The van der Waals surface area contributed by atoms with Gasteiger partial charge in [-0.2, -0.15) is 0 Å². The molecular formula is C18H19NO7S. The fraction of sp³-hybridized carbons (Fsp3) is 0.333. The second-order valence-electron chi connectivity index (χ2n) is 6.11. The third kappa shape index (κ3) is 5.58. The molecule has 1 aliphatic rings. The van der Waals surface area contributed by atoms with Crippen LogP contribution in [0.15, 0.2) is 46.9 Å². The highest BCUT2D eigenvalue weighted by Gasteiger charge is 2.29. The average Bonchev–Trinajstić information content (AvgIpc) is 3.25. The minimum absolute atomic E-state index is 0.0436. The second kappa shape index (κ2) is 8.26. The zero-order chi connectivity index (χ0) is 19.3. The Hall–Kier alpha value is -2.81. The number of carbonyl (C=O) groups is 2. The van der Waals surface area contributed by atoms with Crippen molar-refractivity contribution in [1.29, 1.82) is 0 Å². The Labute approximate surface area is 156 Å². The van der Waals surface area contributed by atoms with Crippen molar-refractivity contribution in [3.63, 3.8) is 0 Å². The minimum Gasteiger partial charge on any atom is -0.486 e. The molecular weight excluding hydrogens is 374 g/mol. The van der Waals surface area contributed by atoms with Gasteiger partial charge in [0.1, 0.15) is 18.1 Å². The monoisotopic (exact) mass is 393 g/mol. The molecule has 3 rings (SSSR count). The van der Waals surface area contributed by atoms with Crippen molar-refractivity contribution in [2.24, 2.45) is 0 Å². The van der Waals surface area contributed by atoms with E-state index in [0.717, 1.165) is 0 Å². The van der Waals surface area contributed by atoms with Crippen LogP contribution in [0, 0.1) is 0 Å². The van der Waals surface area contributed by atoms with Crippen molar-refractivity contribution in [3.05, 3.63) is 54.0 Å². The summed E-state index contributed by atoms with van der Waals surface area (Å²) in [6.45, 7) is -0.361. The first-order valence-corrected chi connectivity index (χ1v) is 10.2. The second-order valence-corrected chi connectivity index (χ2v) is 8.34. The van der Waals surface area contributed by atoms with E-state index in [4.69, 9.17) is 13.9 Å². The fourth-order valence-electron chi connectivity index (χ4n) is 2.62. The molecule has 0 aliphatic carbocycles. The van der Waals surface area contributed by atoms with Gasteiger partial charge in [-0.15, -0.1) is 0 Å². The molecule has 0 bridgehead atoms. The molecule has 144 valence electrons. The summed E-state index contributed by atoms with van der Waals surface area (Å²) in [7, 11) is -3.09. The molecule has 0 spiro atoms. The topological polar surface area (TPSA) is 112 Å². The highest BCUT2D eigenvalue weighted by molar-refractivity contribution is 7.91. The molecule has 8 nitrogen and oxygen atoms in total. The van der Waals surface area contributed by atoms with E-state index >= 15 is 0 Å². The van der Waals surface area contributed by atoms with Crippen LogP contribution in [0.4, 0.5) is 0 Å². The Morgan fingerprint density at radius 3 is 2.63 bits per heavy atom. The maximum atomic E-state index is 11.9. The summed E-state index contributed by atoms with van der Waals surface area (Å²) in [4.78, 5) is 23.7. The van der Waals surface area contributed by atoms with E-state index in [1.165, 1.54) is 6.07 Å². The number of rotatable bonds is 7. The van der Waals surface area contributed by atoms with Crippen molar-refractivity contribution < 1.29 is 31.9 Å². The number of amides is 1. The Balaban J connectivity index is 1.43. The number of furan rings is 1. The molecule has 1 aromatic carbocycles. The largest absolute Gasteiger partial charge is 0.486 e. The third-order valence-corrected chi connectivity index (χ3v) is 5.69. The first-order valence-electron chi connectivity index (χ1n) is 8.35. The molecule has 27 heavy (non-hydrogen) atoms. The Bertz CT molecular complexity index is 905. The van der Waals surface area contributed by atoms with E-state index in [0.29, 0.717) is 17.9 Å². The first-order chi connectivity index (χ1) is 12.9. The normalized spacial score (nSPS) is 18.0. The molecule has 1 amide bonds. The van der Waals surface area contributed by atoms with Gasteiger partial charge in [-0.25, -0.2) is 13.2 Å². The van der Waals surface area contributed by atoms with Crippen LogP contribution in [0.1, 0.15) is 22.7 Å². The molecule has 1 aromatic heterocycles. The maximum Gasteiger partial charge on any atom is 0.374 e. The van der Waals surface area contributed by atoms with Gasteiger partial charge in [-0.3, -0.25) is 4.79 Å². The summed E-state index contributed by atoms with van der Waals surface area (Å²) < 4.78 is 38.5. The molecule has 9 heteroatoms. The number of sulfone groups is 1. The Morgan fingerprint density at radius 2 is 1.93 bits per heavy atom. The van der Waals surface area contributed by atoms with Gasteiger partial charge in [0.15, 0.2) is 16.4 Å². The molecule has 0 radical (unpaired) electrons. The van der Waals surface area contributed by atoms with Gasteiger partial charge in [0.05, 0.1) is 11.5 Å². The lowest BCUT2D eigenvalue weighted by Gasteiger charge is -2.10. The zero-order valence-electron chi connectivity index (χ0n) is 14.4. The van der Waals surface area contributed by atoms with Gasteiger partial charge in [-0.1, -0.05) is 18.2 Å².